The minimum absolute atomic E-state index is 0.126. The van der Waals surface area contributed by atoms with E-state index in [1.807, 2.05) is 0 Å². The van der Waals surface area contributed by atoms with Gasteiger partial charge in [0.15, 0.2) is 0 Å². The third-order valence-corrected chi connectivity index (χ3v) is 3.93. The number of hydrogen-bond acceptors (Lipinski definition) is 4. The first-order valence-electron chi connectivity index (χ1n) is 5.76. The van der Waals surface area contributed by atoms with Gasteiger partial charge in [0.25, 0.3) is 0 Å². The third kappa shape index (κ3) is 4.84. The van der Waals surface area contributed by atoms with E-state index in [9.17, 15) is 13.2 Å². The van der Waals surface area contributed by atoms with Crippen LogP contribution in [0.15, 0.2) is 41.8 Å². The number of methoxy groups -OCH3 is 1. The Kier molecular flexibility index (Phi) is 5.72. The molecule has 19 heavy (non-hydrogen) atoms. The molecule has 0 aromatic heterocycles. The van der Waals surface area contributed by atoms with E-state index in [2.05, 4.69) is 16.0 Å². The van der Waals surface area contributed by atoms with Crippen LogP contribution in [0.5, 0.6) is 0 Å². The fourth-order valence-electron chi connectivity index (χ4n) is 1.40. The van der Waals surface area contributed by atoms with Crippen molar-refractivity contribution in [3.8, 4) is 0 Å². The second-order valence-corrected chi connectivity index (χ2v) is 5.64. The number of sulfonamides is 1. The van der Waals surface area contributed by atoms with Crippen LogP contribution in [-0.2, 0) is 26.0 Å². The molecule has 0 heterocycles. The third-order valence-electron chi connectivity index (χ3n) is 2.45. The number of ether oxygens (including phenoxy) is 1. The van der Waals surface area contributed by atoms with Gasteiger partial charge >= 0.3 is 5.97 Å². The monoisotopic (exact) mass is 283 g/mol. The summed E-state index contributed by atoms with van der Waals surface area (Å²) in [5.41, 5.74) is 0.705. The first-order chi connectivity index (χ1) is 8.99. The van der Waals surface area contributed by atoms with Crippen LogP contribution in [0.25, 0.3) is 0 Å². The molecule has 0 fully saturated rings. The molecule has 6 heteroatoms. The number of hydrogen-bond donors (Lipinski definition) is 1. The fraction of sp³-hybridized carbons (Fsp3) is 0.308. The second-order valence-electron chi connectivity index (χ2n) is 3.87. The van der Waals surface area contributed by atoms with Crippen LogP contribution >= 0.6 is 0 Å². The van der Waals surface area contributed by atoms with Crippen LogP contribution in [0.4, 0.5) is 0 Å². The van der Waals surface area contributed by atoms with Gasteiger partial charge in [-0.1, -0.05) is 18.2 Å². The molecule has 0 saturated carbocycles. The van der Waals surface area contributed by atoms with Crippen LogP contribution in [0.3, 0.4) is 0 Å². The molecule has 0 aliphatic carbocycles. The van der Waals surface area contributed by atoms with Crippen molar-refractivity contribution in [1.82, 2.24) is 4.72 Å². The van der Waals surface area contributed by atoms with Gasteiger partial charge in [0, 0.05) is 6.54 Å². The van der Waals surface area contributed by atoms with Crippen molar-refractivity contribution in [3.05, 3.63) is 42.5 Å². The SMILES string of the molecule is C=CCCNS(=O)(=O)c1ccc(CC(=O)OC)cc1. The number of carbonyl (C=O) groups excluding carboxylic acids is 1. The van der Waals surface area contributed by atoms with E-state index in [0.29, 0.717) is 18.5 Å². The largest absolute Gasteiger partial charge is 0.469 e. The maximum Gasteiger partial charge on any atom is 0.309 e. The van der Waals surface area contributed by atoms with E-state index in [1.165, 1.54) is 19.2 Å². The Bertz CT molecular complexity index is 534. The van der Waals surface area contributed by atoms with Crippen molar-refractivity contribution in [2.75, 3.05) is 13.7 Å². The van der Waals surface area contributed by atoms with Crippen molar-refractivity contribution >= 4 is 16.0 Å². The lowest BCUT2D eigenvalue weighted by Gasteiger charge is -2.06. The molecule has 0 atom stereocenters. The van der Waals surface area contributed by atoms with Crippen LogP contribution in [0, 0.1) is 0 Å². The van der Waals surface area contributed by atoms with Crippen molar-refractivity contribution in [2.24, 2.45) is 0 Å². The highest BCUT2D eigenvalue weighted by atomic mass is 32.2. The molecule has 104 valence electrons. The smallest absolute Gasteiger partial charge is 0.309 e. The summed E-state index contributed by atoms with van der Waals surface area (Å²) in [5.74, 6) is -0.361. The summed E-state index contributed by atoms with van der Waals surface area (Å²) in [4.78, 5) is 11.2. The molecule has 1 rings (SSSR count). The quantitative estimate of drug-likeness (QED) is 0.464. The Balaban J connectivity index is 2.74. The Hall–Kier alpha value is -1.66. The Morgan fingerprint density at radius 1 is 1.37 bits per heavy atom. The molecule has 1 aromatic carbocycles. The topological polar surface area (TPSA) is 72.5 Å². The van der Waals surface area contributed by atoms with E-state index >= 15 is 0 Å². The maximum atomic E-state index is 11.9. The van der Waals surface area contributed by atoms with Crippen LogP contribution < -0.4 is 4.72 Å². The summed E-state index contributed by atoms with van der Waals surface area (Å²) in [7, 11) is -2.19. The number of rotatable bonds is 7. The molecule has 0 bridgehead atoms. The number of nitrogens with one attached hydrogen (secondary N) is 1. The van der Waals surface area contributed by atoms with E-state index in [1.54, 1.807) is 18.2 Å². The fourth-order valence-corrected chi connectivity index (χ4v) is 2.45. The molecule has 0 saturated heterocycles. The molecular formula is C13H17NO4S. The number of carbonyl (C=O) groups is 1. The molecule has 0 unspecified atom stereocenters. The van der Waals surface area contributed by atoms with E-state index < -0.39 is 10.0 Å². The summed E-state index contributed by atoms with van der Waals surface area (Å²) in [6.45, 7) is 3.84. The lowest BCUT2D eigenvalue weighted by Crippen LogP contribution is -2.24. The van der Waals surface area contributed by atoms with Gasteiger partial charge in [-0.05, 0) is 24.1 Å². The van der Waals surface area contributed by atoms with Gasteiger partial charge in [-0.2, -0.15) is 0 Å². The van der Waals surface area contributed by atoms with Gasteiger partial charge < -0.3 is 4.74 Å². The first kappa shape index (κ1) is 15.4. The van der Waals surface area contributed by atoms with Crippen molar-refractivity contribution in [1.29, 1.82) is 0 Å². The number of esters is 1. The zero-order valence-electron chi connectivity index (χ0n) is 10.8. The summed E-state index contributed by atoms with van der Waals surface area (Å²) in [6.07, 6.45) is 2.34. The average Bonchev–Trinajstić information content (AvgIpc) is 2.39. The maximum absolute atomic E-state index is 11.9. The predicted octanol–water partition coefficient (Wildman–Crippen LogP) is 1.26. The zero-order valence-corrected chi connectivity index (χ0v) is 11.6. The molecule has 0 radical (unpaired) electrons. The van der Waals surface area contributed by atoms with Crippen molar-refractivity contribution in [3.63, 3.8) is 0 Å². The first-order valence-corrected chi connectivity index (χ1v) is 7.24. The second kappa shape index (κ2) is 7.06. The van der Waals surface area contributed by atoms with Gasteiger partial charge in [0.2, 0.25) is 10.0 Å². The number of benzene rings is 1. The highest BCUT2D eigenvalue weighted by molar-refractivity contribution is 7.89. The molecule has 0 spiro atoms. The molecule has 1 N–H and O–H groups in total. The summed E-state index contributed by atoms with van der Waals surface area (Å²) in [6, 6.07) is 6.13. The summed E-state index contributed by atoms with van der Waals surface area (Å²) < 4.78 is 30.7. The molecule has 0 amide bonds. The highest BCUT2D eigenvalue weighted by Gasteiger charge is 2.13. The van der Waals surface area contributed by atoms with Crippen LogP contribution in [0.1, 0.15) is 12.0 Å². The van der Waals surface area contributed by atoms with E-state index in [0.717, 1.165) is 0 Å². The molecule has 5 nitrogen and oxygen atoms in total. The van der Waals surface area contributed by atoms with Gasteiger partial charge in [-0.25, -0.2) is 13.1 Å². The van der Waals surface area contributed by atoms with E-state index in [4.69, 9.17) is 0 Å². The normalized spacial score (nSPS) is 11.0. The van der Waals surface area contributed by atoms with Crippen LogP contribution in [0.2, 0.25) is 0 Å². The van der Waals surface area contributed by atoms with Crippen LogP contribution in [-0.4, -0.2) is 28.0 Å². The summed E-state index contributed by atoms with van der Waals surface area (Å²) >= 11 is 0. The minimum atomic E-state index is -3.50. The predicted molar refractivity (Wildman–Crippen MR) is 72.2 cm³/mol. The summed E-state index contributed by atoms with van der Waals surface area (Å²) in [5, 5.41) is 0. The van der Waals surface area contributed by atoms with Gasteiger partial charge in [0.1, 0.15) is 0 Å². The highest BCUT2D eigenvalue weighted by Crippen LogP contribution is 2.11. The lowest BCUT2D eigenvalue weighted by atomic mass is 10.2. The zero-order chi connectivity index (χ0) is 14.3. The van der Waals surface area contributed by atoms with Gasteiger partial charge in [0.05, 0.1) is 18.4 Å². The van der Waals surface area contributed by atoms with Crippen molar-refractivity contribution in [2.45, 2.75) is 17.7 Å². The van der Waals surface area contributed by atoms with Crippen molar-refractivity contribution < 1.29 is 17.9 Å². The minimum Gasteiger partial charge on any atom is -0.469 e. The van der Waals surface area contributed by atoms with E-state index in [-0.39, 0.29) is 17.3 Å². The lowest BCUT2D eigenvalue weighted by molar-refractivity contribution is -0.139. The standard InChI is InChI=1S/C13H17NO4S/c1-3-4-9-14-19(16,17)12-7-5-11(6-8-12)10-13(15)18-2/h3,5-8,14H,1,4,9-10H2,2H3. The van der Waals surface area contributed by atoms with Gasteiger partial charge in [-0.15, -0.1) is 6.58 Å². The molecule has 0 aliphatic heterocycles. The Morgan fingerprint density at radius 3 is 2.53 bits per heavy atom. The molecular weight excluding hydrogens is 266 g/mol. The Labute approximate surface area is 113 Å². The van der Waals surface area contributed by atoms with Gasteiger partial charge in [-0.3, -0.25) is 4.79 Å². The molecule has 0 aliphatic rings. The average molecular weight is 283 g/mol. The molecule has 1 aromatic rings. The Morgan fingerprint density at radius 2 is 2.00 bits per heavy atom.